The molecule has 0 aliphatic carbocycles. The van der Waals surface area contributed by atoms with E-state index in [2.05, 4.69) is 216 Å². The highest BCUT2D eigenvalue weighted by Crippen LogP contribution is 2.41. The molecule has 11 aromatic rings. The molecule has 0 unspecified atom stereocenters. The van der Waals surface area contributed by atoms with Crippen molar-refractivity contribution >= 4 is 60.8 Å². The highest BCUT2D eigenvalue weighted by atomic mass is 16.3. The molecule has 0 saturated heterocycles. The van der Waals surface area contributed by atoms with Gasteiger partial charge in [0.15, 0.2) is 0 Å². The lowest BCUT2D eigenvalue weighted by Gasteiger charge is -2.27. The van der Waals surface area contributed by atoms with Crippen LogP contribution in [-0.4, -0.2) is 4.57 Å². The lowest BCUT2D eigenvalue weighted by atomic mass is 9.99. The molecule has 0 atom stereocenters. The number of furan rings is 1. The monoisotopic (exact) mass is 728 g/mol. The molecule has 3 heteroatoms. The summed E-state index contributed by atoms with van der Waals surface area (Å²) in [5, 5.41) is 4.75. The van der Waals surface area contributed by atoms with Gasteiger partial charge in [0.25, 0.3) is 0 Å². The Morgan fingerprint density at radius 3 is 1.44 bits per heavy atom. The van der Waals surface area contributed by atoms with Crippen LogP contribution >= 0.6 is 0 Å². The molecule has 0 saturated carbocycles. The molecule has 3 nitrogen and oxygen atoms in total. The topological polar surface area (TPSA) is 21.3 Å². The van der Waals surface area contributed by atoms with Crippen LogP contribution in [0.25, 0.3) is 82.8 Å². The zero-order valence-corrected chi connectivity index (χ0v) is 31.1. The van der Waals surface area contributed by atoms with Crippen molar-refractivity contribution in [2.75, 3.05) is 4.90 Å². The van der Waals surface area contributed by atoms with E-state index in [-0.39, 0.29) is 0 Å². The van der Waals surface area contributed by atoms with Gasteiger partial charge in [0.05, 0.1) is 11.0 Å². The van der Waals surface area contributed by atoms with E-state index >= 15 is 0 Å². The van der Waals surface area contributed by atoms with Gasteiger partial charge < -0.3 is 13.9 Å². The first-order valence-electron chi connectivity index (χ1n) is 19.4. The van der Waals surface area contributed by atoms with Crippen LogP contribution in [0.1, 0.15) is 0 Å². The summed E-state index contributed by atoms with van der Waals surface area (Å²) in [5.74, 6) is 0. The van der Waals surface area contributed by atoms with Crippen LogP contribution in [0.4, 0.5) is 17.1 Å². The molecule has 9 aromatic carbocycles. The summed E-state index contributed by atoms with van der Waals surface area (Å²) in [5.41, 5.74) is 15.4. The SMILES string of the molecule is c1ccc(-c2ccc(-c3cccc(N(c4cccc(-c5ccc6c(c5)oc5ccccc56)c4)c4cccc(-n5c6ccccc6c6ccccc65)c4)c3)cc2)cc1. The molecule has 0 radical (unpaired) electrons. The normalized spacial score (nSPS) is 11.5. The van der Waals surface area contributed by atoms with Crippen molar-refractivity contribution in [1.29, 1.82) is 0 Å². The number of fused-ring (bicyclic) bond motifs is 6. The van der Waals surface area contributed by atoms with Crippen LogP contribution in [0, 0.1) is 0 Å². The number of nitrogens with zero attached hydrogens (tertiary/aromatic N) is 2. The Morgan fingerprint density at radius 1 is 0.298 bits per heavy atom. The number of anilines is 3. The number of benzene rings is 9. The first-order chi connectivity index (χ1) is 28.2. The highest BCUT2D eigenvalue weighted by Gasteiger charge is 2.18. The quantitative estimate of drug-likeness (QED) is 0.163. The van der Waals surface area contributed by atoms with Gasteiger partial charge in [-0.15, -0.1) is 0 Å². The molecule has 0 amide bonds. The van der Waals surface area contributed by atoms with E-state index in [4.69, 9.17) is 4.42 Å². The van der Waals surface area contributed by atoms with Crippen molar-refractivity contribution in [2.24, 2.45) is 0 Å². The Morgan fingerprint density at radius 2 is 0.754 bits per heavy atom. The predicted octanol–water partition coefficient (Wildman–Crippen LogP) is 15.2. The lowest BCUT2D eigenvalue weighted by molar-refractivity contribution is 0.669. The van der Waals surface area contributed by atoms with Crippen molar-refractivity contribution < 1.29 is 4.42 Å². The van der Waals surface area contributed by atoms with Gasteiger partial charge in [-0.2, -0.15) is 0 Å². The van der Waals surface area contributed by atoms with E-state index in [1.54, 1.807) is 0 Å². The number of rotatable bonds is 7. The lowest BCUT2D eigenvalue weighted by Crippen LogP contribution is -2.11. The van der Waals surface area contributed by atoms with Crippen LogP contribution in [0.5, 0.6) is 0 Å². The van der Waals surface area contributed by atoms with Crippen molar-refractivity contribution in [3.63, 3.8) is 0 Å². The van der Waals surface area contributed by atoms with Gasteiger partial charge >= 0.3 is 0 Å². The van der Waals surface area contributed by atoms with Crippen molar-refractivity contribution in [1.82, 2.24) is 4.57 Å². The third-order valence-corrected chi connectivity index (χ3v) is 11.2. The average Bonchev–Trinajstić information content (AvgIpc) is 3.83. The predicted molar refractivity (Wildman–Crippen MR) is 239 cm³/mol. The molecule has 0 fully saturated rings. The van der Waals surface area contributed by atoms with Crippen LogP contribution in [-0.2, 0) is 0 Å². The summed E-state index contributed by atoms with van der Waals surface area (Å²) in [6.07, 6.45) is 0. The van der Waals surface area contributed by atoms with Crippen molar-refractivity contribution in [3.05, 3.63) is 218 Å². The van der Waals surface area contributed by atoms with E-state index in [1.807, 2.05) is 12.1 Å². The highest BCUT2D eigenvalue weighted by molar-refractivity contribution is 6.09. The smallest absolute Gasteiger partial charge is 0.136 e. The summed E-state index contributed by atoms with van der Waals surface area (Å²) in [6.45, 7) is 0. The van der Waals surface area contributed by atoms with Gasteiger partial charge in [-0.1, -0.05) is 146 Å². The Labute approximate surface area is 330 Å². The fourth-order valence-electron chi connectivity index (χ4n) is 8.46. The number of para-hydroxylation sites is 3. The molecule has 0 aliphatic rings. The standard InChI is InChI=1S/C54H36N2O/c1-2-13-37(14-3-1)38-27-29-39(30-28-38)40-15-10-17-43(33-40)55(44-18-11-16-41(34-44)42-31-32-50-49-23-6-9-26-53(49)57-54(50)35-42)45-19-12-20-46(36-45)56-51-24-7-4-21-47(51)48-22-5-8-25-52(48)56/h1-36H. The van der Waals surface area contributed by atoms with Gasteiger partial charge in [0.2, 0.25) is 0 Å². The van der Waals surface area contributed by atoms with Crippen LogP contribution in [0.15, 0.2) is 223 Å². The van der Waals surface area contributed by atoms with Crippen molar-refractivity contribution in [2.45, 2.75) is 0 Å². The fourth-order valence-corrected chi connectivity index (χ4v) is 8.46. The van der Waals surface area contributed by atoms with Gasteiger partial charge in [-0.3, -0.25) is 0 Å². The first-order valence-corrected chi connectivity index (χ1v) is 19.4. The largest absolute Gasteiger partial charge is 0.456 e. The second-order valence-electron chi connectivity index (χ2n) is 14.6. The van der Waals surface area contributed by atoms with Gasteiger partial charge in [-0.25, -0.2) is 0 Å². The average molecular weight is 729 g/mol. The molecule has 0 aliphatic heterocycles. The van der Waals surface area contributed by atoms with E-state index in [0.717, 1.165) is 61.4 Å². The van der Waals surface area contributed by atoms with E-state index in [1.165, 1.54) is 38.5 Å². The summed E-state index contributed by atoms with van der Waals surface area (Å²) >= 11 is 0. The fraction of sp³-hybridized carbons (Fsp3) is 0. The Bertz CT molecular complexity index is 3190. The Balaban J connectivity index is 1.06. The molecular weight excluding hydrogens is 693 g/mol. The van der Waals surface area contributed by atoms with Crippen LogP contribution < -0.4 is 4.90 Å². The molecule has 11 rings (SSSR count). The molecule has 0 spiro atoms. The Hall–Kier alpha value is -7.62. The maximum Gasteiger partial charge on any atom is 0.136 e. The maximum atomic E-state index is 6.32. The molecule has 2 aromatic heterocycles. The zero-order valence-electron chi connectivity index (χ0n) is 31.1. The third kappa shape index (κ3) is 5.76. The minimum Gasteiger partial charge on any atom is -0.456 e. The maximum absolute atomic E-state index is 6.32. The Kier molecular flexibility index (Phi) is 7.82. The van der Waals surface area contributed by atoms with Crippen LogP contribution in [0.3, 0.4) is 0 Å². The summed E-state index contributed by atoms with van der Waals surface area (Å²) in [6, 6.07) is 78.2. The minimum atomic E-state index is 0.890. The second-order valence-corrected chi connectivity index (χ2v) is 14.6. The minimum absolute atomic E-state index is 0.890. The number of aromatic nitrogens is 1. The molecule has 2 heterocycles. The van der Waals surface area contributed by atoms with E-state index in [0.29, 0.717) is 0 Å². The molecule has 0 N–H and O–H groups in total. The summed E-state index contributed by atoms with van der Waals surface area (Å²) in [7, 11) is 0. The third-order valence-electron chi connectivity index (χ3n) is 11.2. The first kappa shape index (κ1) is 32.8. The number of hydrogen-bond donors (Lipinski definition) is 0. The molecule has 57 heavy (non-hydrogen) atoms. The van der Waals surface area contributed by atoms with E-state index < -0.39 is 0 Å². The molecule has 268 valence electrons. The summed E-state index contributed by atoms with van der Waals surface area (Å²) < 4.78 is 8.70. The summed E-state index contributed by atoms with van der Waals surface area (Å²) in [4.78, 5) is 2.38. The van der Waals surface area contributed by atoms with Gasteiger partial charge in [0, 0.05) is 44.3 Å². The van der Waals surface area contributed by atoms with Gasteiger partial charge in [-0.05, 0) is 106 Å². The van der Waals surface area contributed by atoms with Crippen LogP contribution in [0.2, 0.25) is 0 Å². The molecular formula is C54H36N2O. The van der Waals surface area contributed by atoms with Gasteiger partial charge in [0.1, 0.15) is 11.2 Å². The van der Waals surface area contributed by atoms with E-state index in [9.17, 15) is 0 Å². The molecule has 0 bridgehead atoms. The zero-order chi connectivity index (χ0) is 37.7. The second kappa shape index (κ2) is 13.6. The number of hydrogen-bond acceptors (Lipinski definition) is 2. The van der Waals surface area contributed by atoms with Crippen molar-refractivity contribution in [3.8, 4) is 39.1 Å².